The molecule has 0 bridgehead atoms. The van der Waals surface area contributed by atoms with E-state index in [1.165, 1.54) is 6.42 Å². The van der Waals surface area contributed by atoms with Crippen molar-refractivity contribution in [1.29, 1.82) is 0 Å². The zero-order valence-electron chi connectivity index (χ0n) is 13.3. The number of aliphatic hydroxyl groups is 1. The van der Waals surface area contributed by atoms with Crippen LogP contribution in [0.3, 0.4) is 0 Å². The fourth-order valence-electron chi connectivity index (χ4n) is 3.43. The normalized spacial score (nSPS) is 25.9. The maximum absolute atomic E-state index is 12.6. The summed E-state index contributed by atoms with van der Waals surface area (Å²) >= 11 is 0. The van der Waals surface area contributed by atoms with Crippen molar-refractivity contribution < 1.29 is 9.90 Å². The standard InChI is InChI=1S/C18H27NO2/c1-12(2)16-9-4-13(3)10-17(16)18(21)19-15-7-5-14(11-20)6-8-15/h5-8,12-13,16-17,20H,4,9-11H2,1-3H3,(H,19,21)/t13-,16?,17-/m1/s1. The molecule has 1 amide bonds. The molecule has 0 spiro atoms. The molecule has 2 N–H and O–H groups in total. The molecule has 0 radical (unpaired) electrons. The van der Waals surface area contributed by atoms with Gasteiger partial charge in [0.05, 0.1) is 6.61 Å². The number of amides is 1. The zero-order valence-corrected chi connectivity index (χ0v) is 13.3. The molecule has 1 aliphatic rings. The lowest BCUT2D eigenvalue weighted by molar-refractivity contribution is -0.123. The minimum Gasteiger partial charge on any atom is -0.392 e. The Labute approximate surface area is 127 Å². The van der Waals surface area contributed by atoms with Crippen LogP contribution >= 0.6 is 0 Å². The van der Waals surface area contributed by atoms with Gasteiger partial charge in [-0.05, 0) is 48.3 Å². The van der Waals surface area contributed by atoms with E-state index in [-0.39, 0.29) is 18.4 Å². The van der Waals surface area contributed by atoms with Crippen LogP contribution in [0, 0.1) is 23.7 Å². The summed E-state index contributed by atoms with van der Waals surface area (Å²) in [5.41, 5.74) is 1.68. The number of nitrogens with one attached hydrogen (secondary N) is 1. The van der Waals surface area contributed by atoms with Gasteiger partial charge in [0.25, 0.3) is 0 Å². The van der Waals surface area contributed by atoms with Crippen molar-refractivity contribution in [2.24, 2.45) is 23.7 Å². The number of carbonyl (C=O) groups is 1. The van der Waals surface area contributed by atoms with E-state index in [0.29, 0.717) is 17.8 Å². The minimum absolute atomic E-state index is 0.0315. The van der Waals surface area contributed by atoms with Crippen molar-refractivity contribution >= 4 is 11.6 Å². The van der Waals surface area contributed by atoms with E-state index < -0.39 is 0 Å². The van der Waals surface area contributed by atoms with Gasteiger partial charge in [-0.1, -0.05) is 39.3 Å². The maximum atomic E-state index is 12.6. The van der Waals surface area contributed by atoms with E-state index in [1.54, 1.807) is 0 Å². The van der Waals surface area contributed by atoms with E-state index in [2.05, 4.69) is 26.1 Å². The van der Waals surface area contributed by atoms with Crippen LogP contribution < -0.4 is 5.32 Å². The van der Waals surface area contributed by atoms with Crippen LogP contribution in [0.15, 0.2) is 24.3 Å². The summed E-state index contributed by atoms with van der Waals surface area (Å²) in [6, 6.07) is 7.41. The monoisotopic (exact) mass is 289 g/mol. The first-order valence-electron chi connectivity index (χ1n) is 8.02. The molecule has 0 aliphatic heterocycles. The van der Waals surface area contributed by atoms with Crippen molar-refractivity contribution in [3.8, 4) is 0 Å². The lowest BCUT2D eigenvalue weighted by Gasteiger charge is -2.36. The molecule has 0 saturated heterocycles. The van der Waals surface area contributed by atoms with Gasteiger partial charge in [-0.15, -0.1) is 0 Å². The van der Waals surface area contributed by atoms with Crippen LogP contribution in [-0.4, -0.2) is 11.0 Å². The van der Waals surface area contributed by atoms with Crippen LogP contribution in [0.2, 0.25) is 0 Å². The Morgan fingerprint density at radius 3 is 2.52 bits per heavy atom. The minimum atomic E-state index is 0.0315. The highest BCUT2D eigenvalue weighted by Gasteiger charge is 2.35. The molecule has 1 fully saturated rings. The van der Waals surface area contributed by atoms with Crippen molar-refractivity contribution in [2.75, 3.05) is 5.32 Å². The molecule has 2 rings (SSSR count). The molecule has 1 saturated carbocycles. The lowest BCUT2D eigenvalue weighted by Crippen LogP contribution is -2.36. The summed E-state index contributed by atoms with van der Waals surface area (Å²) < 4.78 is 0. The van der Waals surface area contributed by atoms with Crippen molar-refractivity contribution in [1.82, 2.24) is 0 Å². The molecular formula is C18H27NO2. The van der Waals surface area contributed by atoms with E-state index in [9.17, 15) is 4.79 Å². The molecule has 21 heavy (non-hydrogen) atoms. The predicted molar refractivity (Wildman–Crippen MR) is 85.8 cm³/mol. The first-order chi connectivity index (χ1) is 10.0. The lowest BCUT2D eigenvalue weighted by atomic mass is 9.70. The number of benzene rings is 1. The maximum Gasteiger partial charge on any atom is 0.227 e. The van der Waals surface area contributed by atoms with Gasteiger partial charge >= 0.3 is 0 Å². The first-order valence-corrected chi connectivity index (χ1v) is 8.02. The van der Waals surface area contributed by atoms with Gasteiger partial charge < -0.3 is 10.4 Å². The molecule has 1 aromatic carbocycles. The zero-order chi connectivity index (χ0) is 15.4. The molecule has 3 atom stereocenters. The van der Waals surface area contributed by atoms with Crippen molar-refractivity contribution in [3.63, 3.8) is 0 Å². The first kappa shape index (κ1) is 16.0. The molecule has 0 heterocycles. The number of carbonyl (C=O) groups excluding carboxylic acids is 1. The second-order valence-electron chi connectivity index (χ2n) is 6.78. The number of anilines is 1. The molecule has 1 unspecified atom stereocenters. The molecule has 3 heteroatoms. The fourth-order valence-corrected chi connectivity index (χ4v) is 3.43. The molecule has 1 aliphatic carbocycles. The second-order valence-corrected chi connectivity index (χ2v) is 6.78. The van der Waals surface area contributed by atoms with Gasteiger partial charge in [-0.2, -0.15) is 0 Å². The van der Waals surface area contributed by atoms with E-state index in [4.69, 9.17) is 5.11 Å². The Bertz CT molecular complexity index is 467. The highest BCUT2D eigenvalue weighted by molar-refractivity contribution is 5.92. The highest BCUT2D eigenvalue weighted by atomic mass is 16.3. The number of hydrogen-bond donors (Lipinski definition) is 2. The SMILES string of the molecule is CC(C)C1CC[C@@H](C)C[C@H]1C(=O)Nc1ccc(CO)cc1. The third-order valence-electron chi connectivity index (χ3n) is 4.76. The number of rotatable bonds is 4. The Kier molecular flexibility index (Phi) is 5.40. The quantitative estimate of drug-likeness (QED) is 0.885. The van der Waals surface area contributed by atoms with E-state index >= 15 is 0 Å². The molecule has 0 aromatic heterocycles. The van der Waals surface area contributed by atoms with E-state index in [0.717, 1.165) is 24.1 Å². The molecule has 1 aromatic rings. The third kappa shape index (κ3) is 4.07. The average Bonchev–Trinajstić information content (AvgIpc) is 2.47. The smallest absolute Gasteiger partial charge is 0.227 e. The van der Waals surface area contributed by atoms with Gasteiger partial charge in [-0.25, -0.2) is 0 Å². The van der Waals surface area contributed by atoms with Crippen molar-refractivity contribution in [2.45, 2.75) is 46.6 Å². The Balaban J connectivity index is 2.05. The molecular weight excluding hydrogens is 262 g/mol. The summed E-state index contributed by atoms with van der Waals surface area (Å²) in [5.74, 6) is 1.93. The Morgan fingerprint density at radius 1 is 1.29 bits per heavy atom. The molecule has 3 nitrogen and oxygen atoms in total. The van der Waals surface area contributed by atoms with Crippen LogP contribution in [-0.2, 0) is 11.4 Å². The Hall–Kier alpha value is -1.35. The topological polar surface area (TPSA) is 49.3 Å². The van der Waals surface area contributed by atoms with Crippen LogP contribution in [0.5, 0.6) is 0 Å². The van der Waals surface area contributed by atoms with Gasteiger partial charge in [0.1, 0.15) is 0 Å². The van der Waals surface area contributed by atoms with Crippen molar-refractivity contribution in [3.05, 3.63) is 29.8 Å². The van der Waals surface area contributed by atoms with Gasteiger partial charge in [0, 0.05) is 11.6 Å². The van der Waals surface area contributed by atoms with E-state index in [1.807, 2.05) is 24.3 Å². The molecule has 116 valence electrons. The summed E-state index contributed by atoms with van der Waals surface area (Å²) in [6.45, 7) is 6.71. The second kappa shape index (κ2) is 7.08. The Morgan fingerprint density at radius 2 is 1.95 bits per heavy atom. The summed E-state index contributed by atoms with van der Waals surface area (Å²) in [4.78, 5) is 12.6. The summed E-state index contributed by atoms with van der Waals surface area (Å²) in [7, 11) is 0. The summed E-state index contributed by atoms with van der Waals surface area (Å²) in [5, 5.41) is 12.1. The predicted octanol–water partition coefficient (Wildman–Crippen LogP) is 3.83. The fraction of sp³-hybridized carbons (Fsp3) is 0.611. The highest BCUT2D eigenvalue weighted by Crippen LogP contribution is 2.38. The third-order valence-corrected chi connectivity index (χ3v) is 4.76. The van der Waals surface area contributed by atoms with Gasteiger partial charge in [0.2, 0.25) is 5.91 Å². The van der Waals surface area contributed by atoms with Crippen LogP contribution in [0.25, 0.3) is 0 Å². The van der Waals surface area contributed by atoms with Gasteiger partial charge in [0.15, 0.2) is 0 Å². The average molecular weight is 289 g/mol. The van der Waals surface area contributed by atoms with Gasteiger partial charge in [-0.3, -0.25) is 4.79 Å². The summed E-state index contributed by atoms with van der Waals surface area (Å²) in [6.07, 6.45) is 3.38. The number of aliphatic hydroxyl groups excluding tert-OH is 1. The van der Waals surface area contributed by atoms with Crippen LogP contribution in [0.1, 0.15) is 45.6 Å². The van der Waals surface area contributed by atoms with Crippen LogP contribution in [0.4, 0.5) is 5.69 Å². The largest absolute Gasteiger partial charge is 0.392 e. The number of hydrogen-bond acceptors (Lipinski definition) is 2.